The molecule has 0 saturated carbocycles. The summed E-state index contributed by atoms with van der Waals surface area (Å²) >= 11 is 0. The van der Waals surface area contributed by atoms with Crippen LogP contribution in [0.5, 0.6) is 11.5 Å². The smallest absolute Gasteiger partial charge is 0.343 e. The summed E-state index contributed by atoms with van der Waals surface area (Å²) in [7, 11) is 1.52. The van der Waals surface area contributed by atoms with Crippen molar-refractivity contribution in [2.75, 3.05) is 7.11 Å². The van der Waals surface area contributed by atoms with Crippen LogP contribution in [0.25, 0.3) is 0 Å². The van der Waals surface area contributed by atoms with E-state index < -0.39 is 5.97 Å². The second-order valence-electron chi connectivity index (χ2n) is 4.17. The van der Waals surface area contributed by atoms with E-state index in [1.807, 2.05) is 0 Å². The maximum atomic E-state index is 12.1. The Balaban J connectivity index is 2.25. The van der Waals surface area contributed by atoms with E-state index in [0.717, 1.165) is 0 Å². The monoisotopic (exact) mass is 270 g/mol. The zero-order valence-corrected chi connectivity index (χ0v) is 11.3. The molecule has 0 spiro atoms. The Morgan fingerprint density at radius 1 is 1.00 bits per heavy atom. The van der Waals surface area contributed by atoms with Gasteiger partial charge in [-0.3, -0.25) is 4.79 Å². The molecule has 0 aliphatic rings. The van der Waals surface area contributed by atoms with Crippen molar-refractivity contribution in [3.8, 4) is 11.5 Å². The average Bonchev–Trinajstić information content (AvgIpc) is 2.47. The molecule has 0 atom stereocenters. The quantitative estimate of drug-likeness (QED) is 0.486. The normalized spacial score (nSPS) is 9.90. The van der Waals surface area contributed by atoms with Gasteiger partial charge in [-0.25, -0.2) is 4.79 Å². The van der Waals surface area contributed by atoms with Crippen LogP contribution in [0.2, 0.25) is 0 Å². The molecule has 4 nitrogen and oxygen atoms in total. The summed E-state index contributed by atoms with van der Waals surface area (Å²) in [5.74, 6) is 0.142. The van der Waals surface area contributed by atoms with Gasteiger partial charge in [0.2, 0.25) is 0 Å². The lowest BCUT2D eigenvalue weighted by Gasteiger charge is -2.08. The lowest BCUT2D eigenvalue weighted by Crippen LogP contribution is -2.11. The molecule has 0 fully saturated rings. The molecule has 0 radical (unpaired) electrons. The third-order valence-corrected chi connectivity index (χ3v) is 2.77. The topological polar surface area (TPSA) is 52.6 Å². The number of hydrogen-bond donors (Lipinski definition) is 0. The van der Waals surface area contributed by atoms with E-state index in [2.05, 4.69) is 0 Å². The van der Waals surface area contributed by atoms with E-state index in [-0.39, 0.29) is 11.5 Å². The molecular weight excluding hydrogens is 256 g/mol. The Labute approximate surface area is 116 Å². The molecule has 0 heterocycles. The fourth-order valence-electron chi connectivity index (χ4n) is 1.76. The molecule has 0 unspecified atom stereocenters. The number of rotatable bonds is 4. The Hall–Kier alpha value is -2.62. The Kier molecular flexibility index (Phi) is 4.15. The molecule has 102 valence electrons. The summed E-state index contributed by atoms with van der Waals surface area (Å²) in [5.41, 5.74) is 0.742. The van der Waals surface area contributed by atoms with Crippen molar-refractivity contribution < 1.29 is 19.1 Å². The standard InChI is InChI=1S/C16H14O4/c1-11(17)14-8-3-4-9-15(14)20-16(18)12-6-5-7-13(10-12)19-2/h3-10H,1-2H3. The number of para-hydroxylation sites is 1. The van der Waals surface area contributed by atoms with Crippen LogP contribution in [0.1, 0.15) is 27.6 Å². The van der Waals surface area contributed by atoms with Gasteiger partial charge in [-0.2, -0.15) is 0 Å². The van der Waals surface area contributed by atoms with E-state index in [0.29, 0.717) is 16.9 Å². The van der Waals surface area contributed by atoms with Gasteiger partial charge in [-0.1, -0.05) is 18.2 Å². The molecule has 2 rings (SSSR count). The minimum Gasteiger partial charge on any atom is -0.497 e. The van der Waals surface area contributed by atoms with E-state index >= 15 is 0 Å². The van der Waals surface area contributed by atoms with Crippen LogP contribution in [0.4, 0.5) is 0 Å². The van der Waals surface area contributed by atoms with Gasteiger partial charge in [0.25, 0.3) is 0 Å². The van der Waals surface area contributed by atoms with Crippen LogP contribution in [0, 0.1) is 0 Å². The van der Waals surface area contributed by atoms with E-state index in [1.54, 1.807) is 48.5 Å². The van der Waals surface area contributed by atoms with Crippen molar-refractivity contribution >= 4 is 11.8 Å². The summed E-state index contributed by atoms with van der Waals surface area (Å²) in [6, 6.07) is 13.3. The number of hydrogen-bond acceptors (Lipinski definition) is 4. The first-order valence-corrected chi connectivity index (χ1v) is 6.08. The minimum absolute atomic E-state index is 0.154. The molecule has 4 heteroatoms. The first-order chi connectivity index (χ1) is 9.61. The molecule has 0 aliphatic heterocycles. The Morgan fingerprint density at radius 3 is 2.45 bits per heavy atom. The minimum atomic E-state index is -0.530. The second-order valence-corrected chi connectivity index (χ2v) is 4.17. The predicted molar refractivity (Wildman–Crippen MR) is 74.4 cm³/mol. The average molecular weight is 270 g/mol. The van der Waals surface area contributed by atoms with Crippen molar-refractivity contribution in [2.24, 2.45) is 0 Å². The van der Waals surface area contributed by atoms with Gasteiger partial charge in [0, 0.05) is 0 Å². The maximum Gasteiger partial charge on any atom is 0.343 e. The number of ether oxygens (including phenoxy) is 2. The third-order valence-electron chi connectivity index (χ3n) is 2.77. The van der Waals surface area contributed by atoms with Gasteiger partial charge < -0.3 is 9.47 Å². The summed E-state index contributed by atoms with van der Waals surface area (Å²) in [5, 5.41) is 0. The van der Waals surface area contributed by atoms with Crippen molar-refractivity contribution in [1.82, 2.24) is 0 Å². The second kappa shape index (κ2) is 6.02. The zero-order chi connectivity index (χ0) is 14.5. The Morgan fingerprint density at radius 2 is 1.75 bits per heavy atom. The van der Waals surface area contributed by atoms with Gasteiger partial charge in [0.1, 0.15) is 11.5 Å². The van der Waals surface area contributed by atoms with Crippen LogP contribution < -0.4 is 9.47 Å². The molecule has 0 N–H and O–H groups in total. The van der Waals surface area contributed by atoms with Crippen LogP contribution in [0.15, 0.2) is 48.5 Å². The summed E-state index contributed by atoms with van der Waals surface area (Å²) in [6.45, 7) is 1.43. The highest BCUT2D eigenvalue weighted by atomic mass is 16.5. The maximum absolute atomic E-state index is 12.1. The van der Waals surface area contributed by atoms with Crippen LogP contribution in [0.3, 0.4) is 0 Å². The molecule has 0 bridgehead atoms. The van der Waals surface area contributed by atoms with Crippen molar-refractivity contribution in [3.63, 3.8) is 0 Å². The lowest BCUT2D eigenvalue weighted by molar-refractivity contribution is 0.0732. The van der Waals surface area contributed by atoms with E-state index in [9.17, 15) is 9.59 Å². The number of Topliss-reactive ketones (excluding diaryl/α,β-unsaturated/α-hetero) is 1. The van der Waals surface area contributed by atoms with Crippen molar-refractivity contribution in [3.05, 3.63) is 59.7 Å². The van der Waals surface area contributed by atoms with Crippen LogP contribution in [-0.2, 0) is 0 Å². The van der Waals surface area contributed by atoms with Gasteiger partial charge in [-0.15, -0.1) is 0 Å². The third kappa shape index (κ3) is 3.03. The fourth-order valence-corrected chi connectivity index (χ4v) is 1.76. The molecule has 2 aromatic carbocycles. The van der Waals surface area contributed by atoms with E-state index in [1.165, 1.54) is 14.0 Å². The molecule has 2 aromatic rings. The molecular formula is C16H14O4. The van der Waals surface area contributed by atoms with Crippen molar-refractivity contribution in [1.29, 1.82) is 0 Å². The highest BCUT2D eigenvalue weighted by Gasteiger charge is 2.14. The summed E-state index contributed by atoms with van der Waals surface area (Å²) in [4.78, 5) is 23.5. The van der Waals surface area contributed by atoms with Crippen molar-refractivity contribution in [2.45, 2.75) is 6.92 Å². The number of esters is 1. The number of carbonyl (C=O) groups is 2. The highest BCUT2D eigenvalue weighted by molar-refractivity contribution is 5.99. The molecule has 20 heavy (non-hydrogen) atoms. The zero-order valence-electron chi connectivity index (χ0n) is 11.3. The molecule has 0 aromatic heterocycles. The predicted octanol–water partition coefficient (Wildman–Crippen LogP) is 3.12. The lowest BCUT2D eigenvalue weighted by atomic mass is 10.1. The molecule has 0 saturated heterocycles. The Bertz CT molecular complexity index is 646. The SMILES string of the molecule is COc1cccc(C(=O)Oc2ccccc2C(C)=O)c1. The molecule has 0 aliphatic carbocycles. The largest absolute Gasteiger partial charge is 0.497 e. The van der Waals surface area contributed by atoms with Gasteiger partial charge in [0.05, 0.1) is 18.2 Å². The van der Waals surface area contributed by atoms with Crippen LogP contribution >= 0.6 is 0 Å². The summed E-state index contributed by atoms with van der Waals surface area (Å²) < 4.78 is 10.3. The first-order valence-electron chi connectivity index (χ1n) is 6.08. The number of methoxy groups -OCH3 is 1. The number of benzene rings is 2. The molecule has 0 amide bonds. The van der Waals surface area contributed by atoms with Crippen LogP contribution in [-0.4, -0.2) is 18.9 Å². The van der Waals surface area contributed by atoms with Gasteiger partial charge >= 0.3 is 5.97 Å². The van der Waals surface area contributed by atoms with Gasteiger partial charge in [-0.05, 0) is 37.3 Å². The van der Waals surface area contributed by atoms with Gasteiger partial charge in [0.15, 0.2) is 5.78 Å². The first kappa shape index (κ1) is 13.8. The number of carbonyl (C=O) groups excluding carboxylic acids is 2. The summed E-state index contributed by atoms with van der Waals surface area (Å²) in [6.07, 6.45) is 0. The highest BCUT2D eigenvalue weighted by Crippen LogP contribution is 2.21. The fraction of sp³-hybridized carbons (Fsp3) is 0.125. The van der Waals surface area contributed by atoms with E-state index in [4.69, 9.17) is 9.47 Å². The number of ketones is 1.